The van der Waals surface area contributed by atoms with E-state index >= 15 is 0 Å². The molecule has 0 aliphatic heterocycles. The van der Waals surface area contributed by atoms with Gasteiger partial charge in [-0.1, -0.05) is 25.7 Å². The van der Waals surface area contributed by atoms with Crippen LogP contribution in [-0.2, 0) is 9.53 Å². The van der Waals surface area contributed by atoms with Gasteiger partial charge in [0.1, 0.15) is 5.41 Å². The smallest absolute Gasteiger partial charge is 0.242 e. The number of hydrogen-bond acceptors (Lipinski definition) is 3. The Kier molecular flexibility index (Phi) is 6.14. The highest BCUT2D eigenvalue weighted by Gasteiger charge is 2.40. The lowest BCUT2D eigenvalue weighted by Crippen LogP contribution is -2.42. The summed E-state index contributed by atoms with van der Waals surface area (Å²) < 4.78 is 5.26. The minimum Gasteiger partial charge on any atom is -0.380 e. The van der Waals surface area contributed by atoms with Crippen LogP contribution < -0.4 is 0 Å². The molecule has 1 amide bonds. The minimum absolute atomic E-state index is 0.0217. The Morgan fingerprint density at radius 1 is 1.33 bits per heavy atom. The number of amides is 1. The van der Waals surface area contributed by atoms with Crippen LogP contribution in [0.5, 0.6) is 0 Å². The van der Waals surface area contributed by atoms with Crippen molar-refractivity contribution in [3.63, 3.8) is 0 Å². The molecule has 1 rings (SSSR count). The van der Waals surface area contributed by atoms with Gasteiger partial charge in [-0.25, -0.2) is 0 Å². The molecule has 0 aromatic rings. The number of nitriles is 1. The Hall–Kier alpha value is -1.08. The predicted octanol–water partition coefficient (Wildman–Crippen LogP) is 2.35. The summed E-state index contributed by atoms with van der Waals surface area (Å²) in [5.74, 6) is -0.0217. The van der Waals surface area contributed by atoms with Crippen LogP contribution in [0.4, 0.5) is 0 Å². The number of carbonyl (C=O) groups excluding carboxylic acids is 1. The van der Waals surface area contributed by atoms with Gasteiger partial charge in [-0.3, -0.25) is 4.79 Å². The summed E-state index contributed by atoms with van der Waals surface area (Å²) in [5, 5.41) is 9.43. The molecule has 1 fully saturated rings. The lowest BCUT2D eigenvalue weighted by atomic mass is 9.80. The lowest BCUT2D eigenvalue weighted by molar-refractivity contribution is -0.139. The largest absolute Gasteiger partial charge is 0.380 e. The molecule has 0 unspecified atom stereocenters. The number of ether oxygens (including phenoxy) is 1. The SMILES string of the molecule is CCOCCN(C)C(=O)C1(C#N)CCCCCC1. The van der Waals surface area contributed by atoms with Crippen LogP contribution >= 0.6 is 0 Å². The fourth-order valence-electron chi connectivity index (χ4n) is 2.52. The maximum atomic E-state index is 12.4. The molecule has 0 aromatic heterocycles. The first kappa shape index (κ1) is 15.0. The van der Waals surface area contributed by atoms with Crippen LogP contribution in [0.3, 0.4) is 0 Å². The maximum Gasteiger partial charge on any atom is 0.242 e. The molecule has 0 N–H and O–H groups in total. The second-order valence-corrected chi connectivity index (χ2v) is 5.03. The van der Waals surface area contributed by atoms with Crippen molar-refractivity contribution in [2.75, 3.05) is 26.8 Å². The monoisotopic (exact) mass is 252 g/mol. The van der Waals surface area contributed by atoms with E-state index in [4.69, 9.17) is 4.74 Å². The first-order valence-corrected chi connectivity index (χ1v) is 6.91. The molecule has 4 heteroatoms. The zero-order valence-corrected chi connectivity index (χ0v) is 11.6. The van der Waals surface area contributed by atoms with Gasteiger partial charge in [-0.05, 0) is 19.8 Å². The van der Waals surface area contributed by atoms with E-state index in [0.29, 0.717) is 32.6 Å². The molecule has 4 nitrogen and oxygen atoms in total. The van der Waals surface area contributed by atoms with Crippen molar-refractivity contribution in [1.29, 1.82) is 5.26 Å². The van der Waals surface area contributed by atoms with Crippen molar-refractivity contribution in [1.82, 2.24) is 4.90 Å². The van der Waals surface area contributed by atoms with E-state index in [1.54, 1.807) is 11.9 Å². The maximum absolute atomic E-state index is 12.4. The van der Waals surface area contributed by atoms with Crippen LogP contribution in [0.15, 0.2) is 0 Å². The molecule has 0 saturated heterocycles. The van der Waals surface area contributed by atoms with Crippen LogP contribution in [0.25, 0.3) is 0 Å². The number of carbonyl (C=O) groups is 1. The summed E-state index contributed by atoms with van der Waals surface area (Å²) in [4.78, 5) is 14.1. The molecule has 0 radical (unpaired) electrons. The molecule has 0 aromatic carbocycles. The van der Waals surface area contributed by atoms with Crippen molar-refractivity contribution in [2.45, 2.75) is 45.4 Å². The van der Waals surface area contributed by atoms with Gasteiger partial charge < -0.3 is 9.64 Å². The van der Waals surface area contributed by atoms with Gasteiger partial charge in [-0.15, -0.1) is 0 Å². The standard InChI is InChI=1S/C14H24N2O2/c1-3-18-11-10-16(2)13(17)14(12-15)8-6-4-5-7-9-14/h3-11H2,1-2H3. The summed E-state index contributed by atoms with van der Waals surface area (Å²) in [6.45, 7) is 3.70. The summed E-state index contributed by atoms with van der Waals surface area (Å²) in [5.41, 5.74) is -0.780. The third-order valence-electron chi connectivity index (χ3n) is 3.70. The number of rotatable bonds is 5. The normalized spacial score (nSPS) is 18.7. The Labute approximate surface area is 110 Å². The topological polar surface area (TPSA) is 53.3 Å². The van der Waals surface area contributed by atoms with Crippen LogP contribution in [0.1, 0.15) is 45.4 Å². The Balaban J connectivity index is 2.62. The first-order chi connectivity index (χ1) is 8.66. The minimum atomic E-state index is -0.780. The number of hydrogen-bond donors (Lipinski definition) is 0. The molecule has 18 heavy (non-hydrogen) atoms. The van der Waals surface area contributed by atoms with Gasteiger partial charge in [0.25, 0.3) is 0 Å². The summed E-state index contributed by atoms with van der Waals surface area (Å²) >= 11 is 0. The quantitative estimate of drug-likeness (QED) is 0.557. The Bertz CT molecular complexity index is 301. The van der Waals surface area contributed by atoms with E-state index in [9.17, 15) is 10.1 Å². The van der Waals surface area contributed by atoms with Crippen molar-refractivity contribution >= 4 is 5.91 Å². The third-order valence-corrected chi connectivity index (χ3v) is 3.70. The fourth-order valence-corrected chi connectivity index (χ4v) is 2.52. The van der Waals surface area contributed by atoms with Gasteiger partial charge in [0.2, 0.25) is 5.91 Å². The molecular weight excluding hydrogens is 228 g/mol. The highest BCUT2D eigenvalue weighted by atomic mass is 16.5. The van der Waals surface area contributed by atoms with Crippen molar-refractivity contribution in [2.24, 2.45) is 5.41 Å². The third kappa shape index (κ3) is 3.71. The van der Waals surface area contributed by atoms with Crippen molar-refractivity contribution in [3.05, 3.63) is 0 Å². The molecule has 0 heterocycles. The van der Waals surface area contributed by atoms with Crippen LogP contribution in [-0.4, -0.2) is 37.6 Å². The van der Waals surface area contributed by atoms with E-state index in [0.717, 1.165) is 25.7 Å². The van der Waals surface area contributed by atoms with E-state index in [1.165, 1.54) is 0 Å². The number of nitrogens with zero attached hydrogens (tertiary/aromatic N) is 2. The molecule has 0 bridgehead atoms. The zero-order valence-electron chi connectivity index (χ0n) is 11.6. The van der Waals surface area contributed by atoms with Gasteiger partial charge in [-0.2, -0.15) is 5.26 Å². The van der Waals surface area contributed by atoms with Crippen molar-refractivity contribution in [3.8, 4) is 6.07 Å². The first-order valence-electron chi connectivity index (χ1n) is 6.91. The molecule has 0 atom stereocenters. The number of likely N-dealkylation sites (N-methyl/N-ethyl adjacent to an activating group) is 1. The van der Waals surface area contributed by atoms with Gasteiger partial charge in [0.15, 0.2) is 0 Å². The van der Waals surface area contributed by atoms with E-state index in [2.05, 4.69) is 6.07 Å². The molecule has 102 valence electrons. The van der Waals surface area contributed by atoms with Crippen LogP contribution in [0, 0.1) is 16.7 Å². The highest BCUT2D eigenvalue weighted by Crippen LogP contribution is 2.35. The lowest BCUT2D eigenvalue weighted by Gasteiger charge is -2.29. The summed E-state index contributed by atoms with van der Waals surface area (Å²) in [6, 6.07) is 2.30. The fraction of sp³-hybridized carbons (Fsp3) is 0.857. The van der Waals surface area contributed by atoms with Gasteiger partial charge in [0.05, 0.1) is 12.7 Å². The average molecular weight is 252 g/mol. The van der Waals surface area contributed by atoms with Crippen molar-refractivity contribution < 1.29 is 9.53 Å². The van der Waals surface area contributed by atoms with E-state index in [1.807, 2.05) is 6.92 Å². The van der Waals surface area contributed by atoms with E-state index in [-0.39, 0.29) is 5.91 Å². The second kappa shape index (κ2) is 7.38. The molecule has 1 aliphatic rings. The summed E-state index contributed by atoms with van der Waals surface area (Å²) in [7, 11) is 1.77. The van der Waals surface area contributed by atoms with Gasteiger partial charge in [0, 0.05) is 20.2 Å². The highest BCUT2D eigenvalue weighted by molar-refractivity contribution is 5.85. The molecular formula is C14H24N2O2. The summed E-state index contributed by atoms with van der Waals surface area (Å²) in [6.07, 6.45) is 5.67. The zero-order chi connectivity index (χ0) is 13.4. The van der Waals surface area contributed by atoms with E-state index < -0.39 is 5.41 Å². The Morgan fingerprint density at radius 2 is 1.94 bits per heavy atom. The van der Waals surface area contributed by atoms with Gasteiger partial charge >= 0.3 is 0 Å². The predicted molar refractivity (Wildman–Crippen MR) is 69.9 cm³/mol. The second-order valence-electron chi connectivity index (χ2n) is 5.03. The average Bonchev–Trinajstić information content (AvgIpc) is 2.64. The molecule has 1 aliphatic carbocycles. The Morgan fingerprint density at radius 3 is 2.44 bits per heavy atom. The molecule has 1 saturated carbocycles. The van der Waals surface area contributed by atoms with Crippen LogP contribution in [0.2, 0.25) is 0 Å². The molecule has 0 spiro atoms.